The fraction of sp³-hybridized carbons (Fsp3) is 0.600. The zero-order valence-corrected chi connectivity index (χ0v) is 12.2. The Kier molecular flexibility index (Phi) is 5.05. The lowest BCUT2D eigenvalue weighted by Crippen LogP contribution is -2.36. The molecule has 94 valence electrons. The van der Waals surface area contributed by atoms with Crippen molar-refractivity contribution in [3.8, 4) is 0 Å². The van der Waals surface area contributed by atoms with Gasteiger partial charge in [-0.1, -0.05) is 60.3 Å². The van der Waals surface area contributed by atoms with Crippen LogP contribution in [0.2, 0.25) is 0 Å². The van der Waals surface area contributed by atoms with Crippen LogP contribution in [0.25, 0.3) is 0 Å². The molecule has 0 heterocycles. The molecule has 0 N–H and O–H groups in total. The summed E-state index contributed by atoms with van der Waals surface area (Å²) in [5, 5.41) is 0. The third-order valence-electron chi connectivity index (χ3n) is 3.83. The van der Waals surface area contributed by atoms with Crippen LogP contribution in [-0.2, 0) is 6.54 Å². The van der Waals surface area contributed by atoms with Crippen molar-refractivity contribution in [1.29, 1.82) is 0 Å². The number of hydrogen-bond donors (Lipinski definition) is 0. The molecule has 0 aromatic heterocycles. The van der Waals surface area contributed by atoms with Gasteiger partial charge in [-0.25, -0.2) is 0 Å². The van der Waals surface area contributed by atoms with E-state index in [1.54, 1.807) is 0 Å². The highest BCUT2D eigenvalue weighted by Gasteiger charge is 2.20. The van der Waals surface area contributed by atoms with Crippen molar-refractivity contribution < 1.29 is 0 Å². The molecule has 0 unspecified atom stereocenters. The monoisotopic (exact) mass is 295 g/mol. The first-order chi connectivity index (χ1) is 8.31. The Morgan fingerprint density at radius 2 is 1.88 bits per heavy atom. The molecule has 0 aliphatic heterocycles. The molecule has 1 aliphatic rings. The van der Waals surface area contributed by atoms with Crippen molar-refractivity contribution >= 4 is 15.9 Å². The van der Waals surface area contributed by atoms with Gasteiger partial charge >= 0.3 is 0 Å². The molecule has 0 bridgehead atoms. The van der Waals surface area contributed by atoms with Gasteiger partial charge in [0.25, 0.3) is 0 Å². The molecule has 1 aromatic carbocycles. The van der Waals surface area contributed by atoms with Crippen LogP contribution in [0.4, 0.5) is 0 Å². The van der Waals surface area contributed by atoms with Gasteiger partial charge in [0, 0.05) is 17.1 Å². The zero-order chi connectivity index (χ0) is 12.1. The highest BCUT2D eigenvalue weighted by atomic mass is 79.9. The van der Waals surface area contributed by atoms with E-state index in [-0.39, 0.29) is 0 Å². The van der Waals surface area contributed by atoms with E-state index in [2.05, 4.69) is 52.0 Å². The van der Waals surface area contributed by atoms with Crippen LogP contribution in [0.5, 0.6) is 0 Å². The molecule has 0 spiro atoms. The topological polar surface area (TPSA) is 3.24 Å². The second-order valence-electron chi connectivity index (χ2n) is 4.95. The maximum Gasteiger partial charge on any atom is 0.0247 e. The molecule has 1 aromatic rings. The Balaban J connectivity index is 2.01. The summed E-state index contributed by atoms with van der Waals surface area (Å²) >= 11 is 3.65. The molecule has 1 fully saturated rings. The standard InChI is InChI=1S/C15H22BrN/c1-2-17(14-9-4-3-5-10-14)12-13-8-6-7-11-15(13)16/h6-8,11,14H,2-5,9-10,12H2,1H3. The van der Waals surface area contributed by atoms with Gasteiger partial charge in [0.05, 0.1) is 0 Å². The van der Waals surface area contributed by atoms with E-state index in [9.17, 15) is 0 Å². The first-order valence-electron chi connectivity index (χ1n) is 6.78. The van der Waals surface area contributed by atoms with Gasteiger partial charge < -0.3 is 0 Å². The molecule has 17 heavy (non-hydrogen) atoms. The lowest BCUT2D eigenvalue weighted by atomic mass is 9.94. The average Bonchev–Trinajstić information content (AvgIpc) is 2.39. The molecule has 0 saturated heterocycles. The van der Waals surface area contributed by atoms with Gasteiger partial charge in [0.2, 0.25) is 0 Å². The van der Waals surface area contributed by atoms with Gasteiger partial charge in [-0.2, -0.15) is 0 Å². The van der Waals surface area contributed by atoms with Crippen molar-refractivity contribution in [1.82, 2.24) is 4.90 Å². The first-order valence-corrected chi connectivity index (χ1v) is 7.58. The average molecular weight is 296 g/mol. The second kappa shape index (κ2) is 6.55. The van der Waals surface area contributed by atoms with E-state index in [1.807, 2.05) is 0 Å². The summed E-state index contributed by atoms with van der Waals surface area (Å²) in [6.45, 7) is 4.53. The van der Waals surface area contributed by atoms with Gasteiger partial charge in [0.1, 0.15) is 0 Å². The van der Waals surface area contributed by atoms with Crippen LogP contribution >= 0.6 is 15.9 Å². The Hall–Kier alpha value is -0.340. The molecule has 0 radical (unpaired) electrons. The van der Waals surface area contributed by atoms with Crippen LogP contribution in [0.3, 0.4) is 0 Å². The number of hydrogen-bond acceptors (Lipinski definition) is 1. The van der Waals surface area contributed by atoms with Crippen LogP contribution in [0.1, 0.15) is 44.6 Å². The Labute approximate surface area is 113 Å². The lowest BCUT2D eigenvalue weighted by molar-refractivity contribution is 0.155. The number of halogens is 1. The van der Waals surface area contributed by atoms with Crippen molar-refractivity contribution in [2.24, 2.45) is 0 Å². The van der Waals surface area contributed by atoms with Crippen LogP contribution in [-0.4, -0.2) is 17.5 Å². The van der Waals surface area contributed by atoms with E-state index < -0.39 is 0 Å². The maximum absolute atomic E-state index is 3.65. The molecule has 1 saturated carbocycles. The normalized spacial score (nSPS) is 17.6. The van der Waals surface area contributed by atoms with E-state index in [1.165, 1.54) is 42.1 Å². The predicted octanol–water partition coefficient (Wildman–Crippen LogP) is 4.60. The summed E-state index contributed by atoms with van der Waals surface area (Å²) in [4.78, 5) is 2.64. The fourth-order valence-electron chi connectivity index (χ4n) is 2.79. The summed E-state index contributed by atoms with van der Waals surface area (Å²) < 4.78 is 1.24. The molecular weight excluding hydrogens is 274 g/mol. The van der Waals surface area contributed by atoms with Crippen molar-refractivity contribution in [3.05, 3.63) is 34.3 Å². The minimum Gasteiger partial charge on any atom is -0.296 e. The van der Waals surface area contributed by atoms with E-state index >= 15 is 0 Å². The third kappa shape index (κ3) is 3.56. The molecular formula is C15H22BrN. The summed E-state index contributed by atoms with van der Waals surface area (Å²) in [6.07, 6.45) is 7.04. The predicted molar refractivity (Wildman–Crippen MR) is 77.1 cm³/mol. The van der Waals surface area contributed by atoms with E-state index in [4.69, 9.17) is 0 Å². The van der Waals surface area contributed by atoms with Crippen molar-refractivity contribution in [2.75, 3.05) is 6.54 Å². The van der Waals surface area contributed by atoms with E-state index in [0.717, 1.165) is 19.1 Å². The summed E-state index contributed by atoms with van der Waals surface area (Å²) in [5.74, 6) is 0. The van der Waals surface area contributed by atoms with Gasteiger partial charge in [-0.3, -0.25) is 4.90 Å². The van der Waals surface area contributed by atoms with Crippen molar-refractivity contribution in [3.63, 3.8) is 0 Å². The summed E-state index contributed by atoms with van der Waals surface area (Å²) in [7, 11) is 0. The Bertz CT molecular complexity index is 345. The van der Waals surface area contributed by atoms with Gasteiger partial charge in [0.15, 0.2) is 0 Å². The third-order valence-corrected chi connectivity index (χ3v) is 4.60. The minimum absolute atomic E-state index is 0.806. The second-order valence-corrected chi connectivity index (χ2v) is 5.80. The molecule has 2 heteroatoms. The molecule has 1 nitrogen and oxygen atoms in total. The fourth-order valence-corrected chi connectivity index (χ4v) is 3.20. The quantitative estimate of drug-likeness (QED) is 0.784. The first kappa shape index (κ1) is 13.1. The lowest BCUT2D eigenvalue weighted by Gasteiger charge is -2.33. The highest BCUT2D eigenvalue weighted by molar-refractivity contribution is 9.10. The summed E-state index contributed by atoms with van der Waals surface area (Å²) in [5.41, 5.74) is 1.42. The number of nitrogens with zero attached hydrogens (tertiary/aromatic N) is 1. The van der Waals surface area contributed by atoms with Gasteiger partial charge in [-0.05, 0) is 31.0 Å². The SMILES string of the molecule is CCN(Cc1ccccc1Br)C1CCCCC1. The Morgan fingerprint density at radius 3 is 2.53 bits per heavy atom. The largest absolute Gasteiger partial charge is 0.296 e. The van der Waals surface area contributed by atoms with Crippen LogP contribution in [0, 0.1) is 0 Å². The molecule has 2 rings (SSSR count). The molecule has 0 amide bonds. The minimum atomic E-state index is 0.806. The smallest absolute Gasteiger partial charge is 0.0247 e. The van der Waals surface area contributed by atoms with Crippen LogP contribution in [0.15, 0.2) is 28.7 Å². The maximum atomic E-state index is 3.65. The van der Waals surface area contributed by atoms with Crippen molar-refractivity contribution in [2.45, 2.75) is 51.6 Å². The summed E-state index contributed by atoms with van der Waals surface area (Å²) in [6, 6.07) is 9.40. The van der Waals surface area contributed by atoms with Crippen LogP contribution < -0.4 is 0 Å². The number of benzene rings is 1. The number of rotatable bonds is 4. The molecule has 1 aliphatic carbocycles. The van der Waals surface area contributed by atoms with Gasteiger partial charge in [-0.15, -0.1) is 0 Å². The Morgan fingerprint density at radius 1 is 1.18 bits per heavy atom. The molecule has 0 atom stereocenters. The highest BCUT2D eigenvalue weighted by Crippen LogP contribution is 2.25. The zero-order valence-electron chi connectivity index (χ0n) is 10.7. The van der Waals surface area contributed by atoms with E-state index in [0.29, 0.717) is 0 Å².